The Morgan fingerprint density at radius 1 is 1.50 bits per heavy atom. The quantitative estimate of drug-likeness (QED) is 0.805. The van der Waals surface area contributed by atoms with Gasteiger partial charge in [-0.05, 0) is 6.42 Å². The van der Waals surface area contributed by atoms with E-state index in [0.717, 1.165) is 12.8 Å². The highest BCUT2D eigenvalue weighted by molar-refractivity contribution is 5.85. The van der Waals surface area contributed by atoms with Gasteiger partial charge in [0, 0.05) is 24.5 Å². The summed E-state index contributed by atoms with van der Waals surface area (Å²) in [5, 5.41) is 3.06. The molecule has 4 atom stereocenters. The Bertz CT molecular complexity index is 284. The second-order valence-electron chi connectivity index (χ2n) is 5.72. The molecule has 3 N–H and O–H groups in total. The Labute approximate surface area is 116 Å². The molecule has 0 bridgehead atoms. The number of nitrogens with two attached hydrogens (primary N) is 1. The van der Waals surface area contributed by atoms with E-state index in [1.54, 1.807) is 7.11 Å². The van der Waals surface area contributed by atoms with Crippen molar-refractivity contribution < 1.29 is 9.53 Å². The predicted molar refractivity (Wildman–Crippen MR) is 75.8 cm³/mol. The molecule has 0 saturated heterocycles. The molecule has 0 aromatic rings. The van der Waals surface area contributed by atoms with Gasteiger partial charge in [-0.25, -0.2) is 0 Å². The lowest BCUT2D eigenvalue weighted by molar-refractivity contribution is -0.155. The third-order valence-electron chi connectivity index (χ3n) is 4.03. The molecule has 1 aliphatic carbocycles. The molecule has 4 unspecified atom stereocenters. The van der Waals surface area contributed by atoms with Crippen molar-refractivity contribution in [2.75, 3.05) is 7.11 Å². The van der Waals surface area contributed by atoms with Crippen LogP contribution in [0.5, 0.6) is 0 Å². The van der Waals surface area contributed by atoms with Gasteiger partial charge in [-0.2, -0.15) is 0 Å². The van der Waals surface area contributed by atoms with Gasteiger partial charge in [0.1, 0.15) is 0 Å². The first-order valence-corrected chi connectivity index (χ1v) is 6.45. The standard InChI is InChI=1S/C13H26N2O2.ClH/c1-6-7-9(14)12(16)15-10-8(2)11(17-5)13(10,3)4;/h8-11H,6-7,14H2,1-5H3,(H,15,16);1H. The number of hydrogen-bond acceptors (Lipinski definition) is 3. The third-order valence-corrected chi connectivity index (χ3v) is 4.03. The highest BCUT2D eigenvalue weighted by Gasteiger charge is 2.55. The van der Waals surface area contributed by atoms with Gasteiger partial charge >= 0.3 is 0 Å². The molecule has 1 saturated carbocycles. The van der Waals surface area contributed by atoms with Crippen LogP contribution in [0.1, 0.15) is 40.5 Å². The molecule has 0 spiro atoms. The van der Waals surface area contributed by atoms with E-state index in [2.05, 4.69) is 26.1 Å². The van der Waals surface area contributed by atoms with Crippen molar-refractivity contribution in [3.8, 4) is 0 Å². The van der Waals surface area contributed by atoms with Crippen LogP contribution in [0.15, 0.2) is 0 Å². The number of amides is 1. The van der Waals surface area contributed by atoms with Crippen LogP contribution in [0, 0.1) is 11.3 Å². The molecule has 18 heavy (non-hydrogen) atoms. The lowest BCUT2D eigenvalue weighted by Crippen LogP contribution is -2.69. The highest BCUT2D eigenvalue weighted by Crippen LogP contribution is 2.46. The molecule has 0 aliphatic heterocycles. The van der Waals surface area contributed by atoms with Gasteiger partial charge in [-0.15, -0.1) is 12.4 Å². The van der Waals surface area contributed by atoms with Gasteiger partial charge in [0.2, 0.25) is 5.91 Å². The number of halogens is 1. The van der Waals surface area contributed by atoms with Gasteiger partial charge in [-0.3, -0.25) is 4.79 Å². The molecule has 4 nitrogen and oxygen atoms in total. The molecule has 1 aliphatic rings. The topological polar surface area (TPSA) is 64.4 Å². The summed E-state index contributed by atoms with van der Waals surface area (Å²) in [6.07, 6.45) is 1.87. The first-order valence-electron chi connectivity index (χ1n) is 6.45. The maximum absolute atomic E-state index is 11.9. The van der Waals surface area contributed by atoms with Crippen LogP contribution in [0.3, 0.4) is 0 Å². The Kier molecular flexibility index (Phi) is 6.61. The average Bonchev–Trinajstić information content (AvgIpc) is 2.26. The monoisotopic (exact) mass is 278 g/mol. The van der Waals surface area contributed by atoms with Crippen LogP contribution >= 0.6 is 12.4 Å². The van der Waals surface area contributed by atoms with Crippen LogP contribution in [0.4, 0.5) is 0 Å². The van der Waals surface area contributed by atoms with Crippen LogP contribution in [0.2, 0.25) is 0 Å². The summed E-state index contributed by atoms with van der Waals surface area (Å²) in [5.41, 5.74) is 5.79. The van der Waals surface area contributed by atoms with E-state index in [1.807, 2.05) is 6.92 Å². The zero-order valence-electron chi connectivity index (χ0n) is 12.0. The normalized spacial score (nSPS) is 30.9. The van der Waals surface area contributed by atoms with Crippen molar-refractivity contribution in [1.29, 1.82) is 0 Å². The van der Waals surface area contributed by atoms with Crippen LogP contribution in [0.25, 0.3) is 0 Å². The van der Waals surface area contributed by atoms with E-state index in [-0.39, 0.29) is 41.9 Å². The van der Waals surface area contributed by atoms with Crippen molar-refractivity contribution in [1.82, 2.24) is 5.32 Å². The Morgan fingerprint density at radius 3 is 2.44 bits per heavy atom. The maximum atomic E-state index is 11.9. The number of ether oxygens (including phenoxy) is 1. The van der Waals surface area contributed by atoms with Gasteiger partial charge < -0.3 is 15.8 Å². The fourth-order valence-corrected chi connectivity index (χ4v) is 3.13. The zero-order valence-corrected chi connectivity index (χ0v) is 12.8. The van der Waals surface area contributed by atoms with Crippen LogP contribution in [-0.2, 0) is 9.53 Å². The molecule has 0 aromatic carbocycles. The molecular formula is C13H27ClN2O2. The summed E-state index contributed by atoms with van der Waals surface area (Å²) in [5.74, 6) is 0.305. The molecule has 0 aromatic heterocycles. The lowest BCUT2D eigenvalue weighted by atomic mass is 9.58. The Balaban J connectivity index is 0.00000289. The molecule has 0 heterocycles. The first kappa shape index (κ1) is 17.7. The number of rotatable bonds is 5. The Hall–Kier alpha value is -0.320. The molecule has 5 heteroatoms. The summed E-state index contributed by atoms with van der Waals surface area (Å²) in [4.78, 5) is 11.9. The highest BCUT2D eigenvalue weighted by atomic mass is 35.5. The minimum Gasteiger partial charge on any atom is -0.380 e. The fourth-order valence-electron chi connectivity index (χ4n) is 3.13. The third kappa shape index (κ3) is 3.16. The smallest absolute Gasteiger partial charge is 0.237 e. The van der Waals surface area contributed by atoms with Crippen molar-refractivity contribution in [2.45, 2.75) is 58.7 Å². The number of carbonyl (C=O) groups excluding carboxylic acids is 1. The summed E-state index contributed by atoms with van der Waals surface area (Å²) >= 11 is 0. The Morgan fingerprint density at radius 2 is 2.06 bits per heavy atom. The largest absolute Gasteiger partial charge is 0.380 e. The number of carbonyl (C=O) groups is 1. The van der Waals surface area contributed by atoms with Crippen molar-refractivity contribution in [3.05, 3.63) is 0 Å². The van der Waals surface area contributed by atoms with Gasteiger partial charge in [0.15, 0.2) is 0 Å². The minimum absolute atomic E-state index is 0. The molecule has 0 radical (unpaired) electrons. The number of nitrogens with one attached hydrogen (secondary N) is 1. The maximum Gasteiger partial charge on any atom is 0.237 e. The summed E-state index contributed by atoms with van der Waals surface area (Å²) < 4.78 is 5.45. The van der Waals surface area contributed by atoms with Crippen LogP contribution < -0.4 is 11.1 Å². The zero-order chi connectivity index (χ0) is 13.2. The van der Waals surface area contributed by atoms with Crippen molar-refractivity contribution >= 4 is 18.3 Å². The van der Waals surface area contributed by atoms with E-state index < -0.39 is 0 Å². The molecule has 1 amide bonds. The first-order chi connectivity index (χ1) is 7.86. The second-order valence-corrected chi connectivity index (χ2v) is 5.72. The van der Waals surface area contributed by atoms with E-state index >= 15 is 0 Å². The number of methoxy groups -OCH3 is 1. The summed E-state index contributed by atoms with van der Waals surface area (Å²) in [6, 6.07) is -0.229. The molecule has 108 valence electrons. The fraction of sp³-hybridized carbons (Fsp3) is 0.923. The molecular weight excluding hydrogens is 252 g/mol. The summed E-state index contributed by atoms with van der Waals surface area (Å²) in [6.45, 7) is 8.38. The second kappa shape index (κ2) is 6.73. The SMILES string of the molecule is CCCC(N)C(=O)NC1C(C)C(OC)C1(C)C.Cl. The van der Waals surface area contributed by atoms with Gasteiger partial charge in [-0.1, -0.05) is 34.1 Å². The van der Waals surface area contributed by atoms with E-state index in [1.165, 1.54) is 0 Å². The van der Waals surface area contributed by atoms with Crippen molar-refractivity contribution in [2.24, 2.45) is 17.1 Å². The van der Waals surface area contributed by atoms with E-state index in [0.29, 0.717) is 5.92 Å². The van der Waals surface area contributed by atoms with Crippen LogP contribution in [-0.4, -0.2) is 31.2 Å². The van der Waals surface area contributed by atoms with Crippen molar-refractivity contribution in [3.63, 3.8) is 0 Å². The molecule has 1 fully saturated rings. The average molecular weight is 279 g/mol. The molecule has 1 rings (SSSR count). The number of hydrogen-bond donors (Lipinski definition) is 2. The van der Waals surface area contributed by atoms with Gasteiger partial charge in [0.25, 0.3) is 0 Å². The van der Waals surface area contributed by atoms with Gasteiger partial charge in [0.05, 0.1) is 12.1 Å². The predicted octanol–water partition coefficient (Wildman–Crippen LogP) is 1.71. The van der Waals surface area contributed by atoms with E-state index in [9.17, 15) is 4.79 Å². The van der Waals surface area contributed by atoms with E-state index in [4.69, 9.17) is 10.5 Å². The minimum atomic E-state index is -0.385. The summed E-state index contributed by atoms with van der Waals surface area (Å²) in [7, 11) is 1.73. The lowest BCUT2D eigenvalue weighted by Gasteiger charge is -2.56.